The highest BCUT2D eigenvalue weighted by Gasteiger charge is 2.25. The van der Waals surface area contributed by atoms with E-state index in [1.165, 1.54) is 0 Å². The van der Waals surface area contributed by atoms with Crippen molar-refractivity contribution in [2.24, 2.45) is 5.73 Å². The number of carbonyl (C=O) groups is 1. The maximum Gasteiger partial charge on any atom is 0.320 e. The summed E-state index contributed by atoms with van der Waals surface area (Å²) in [6.07, 6.45) is 0.347. The van der Waals surface area contributed by atoms with Crippen molar-refractivity contribution >= 4 is 15.8 Å². The number of esters is 1. The van der Waals surface area contributed by atoms with Gasteiger partial charge in [0, 0.05) is 6.04 Å². The largest absolute Gasteiger partial charge is 0.468 e. The van der Waals surface area contributed by atoms with E-state index in [4.69, 9.17) is 5.73 Å². The summed E-state index contributed by atoms with van der Waals surface area (Å²) in [6, 6.07) is -0.197. The van der Waals surface area contributed by atoms with E-state index in [2.05, 4.69) is 4.74 Å². The predicted octanol–water partition coefficient (Wildman–Crippen LogP) is -0.300. The molecule has 0 amide bonds. The van der Waals surface area contributed by atoms with Gasteiger partial charge in [-0.3, -0.25) is 4.79 Å². The first kappa shape index (κ1) is 13.4. The molecule has 0 radical (unpaired) electrons. The molecule has 0 aromatic rings. The second-order valence-corrected chi connectivity index (χ2v) is 5.83. The number of sulfone groups is 1. The predicted molar refractivity (Wildman–Crippen MR) is 53.5 cm³/mol. The van der Waals surface area contributed by atoms with E-state index in [0.29, 0.717) is 6.42 Å². The fraction of sp³-hybridized carbons (Fsp3) is 0.875. The van der Waals surface area contributed by atoms with E-state index in [0.717, 1.165) is 7.11 Å². The Labute approximate surface area is 84.5 Å². The maximum absolute atomic E-state index is 11.5. The van der Waals surface area contributed by atoms with Crippen molar-refractivity contribution in [1.29, 1.82) is 0 Å². The highest BCUT2D eigenvalue weighted by Crippen LogP contribution is 2.08. The molecule has 0 saturated carbocycles. The number of rotatable bonds is 5. The Morgan fingerprint density at radius 2 is 1.93 bits per heavy atom. The molecule has 6 heteroatoms. The number of hydrogen-bond acceptors (Lipinski definition) is 5. The van der Waals surface area contributed by atoms with Crippen LogP contribution in [0.2, 0.25) is 0 Å². The molecular formula is C8H17NO4S. The molecule has 0 aliphatic heterocycles. The SMILES string of the molecule is COC(=O)CS(=O)(=O)C(C)CC(C)N. The molecule has 0 saturated heterocycles. The Kier molecular flexibility index (Phi) is 5.07. The molecule has 2 unspecified atom stereocenters. The van der Waals surface area contributed by atoms with Crippen molar-refractivity contribution in [2.45, 2.75) is 31.6 Å². The van der Waals surface area contributed by atoms with Crippen molar-refractivity contribution < 1.29 is 17.9 Å². The van der Waals surface area contributed by atoms with Crippen LogP contribution >= 0.6 is 0 Å². The number of ether oxygens (including phenoxy) is 1. The van der Waals surface area contributed by atoms with Gasteiger partial charge in [0.1, 0.15) is 5.75 Å². The molecule has 14 heavy (non-hydrogen) atoms. The van der Waals surface area contributed by atoms with Gasteiger partial charge in [-0.05, 0) is 20.3 Å². The van der Waals surface area contributed by atoms with Crippen molar-refractivity contribution in [3.05, 3.63) is 0 Å². The Balaban J connectivity index is 4.39. The Hall–Kier alpha value is -0.620. The van der Waals surface area contributed by atoms with Gasteiger partial charge < -0.3 is 10.5 Å². The van der Waals surface area contributed by atoms with Gasteiger partial charge in [-0.2, -0.15) is 0 Å². The van der Waals surface area contributed by atoms with Crippen LogP contribution in [0.4, 0.5) is 0 Å². The van der Waals surface area contributed by atoms with Gasteiger partial charge in [-0.15, -0.1) is 0 Å². The standard InChI is InChI=1S/C8H17NO4S/c1-6(9)4-7(2)14(11,12)5-8(10)13-3/h6-7H,4-5,9H2,1-3H3. The van der Waals surface area contributed by atoms with E-state index < -0.39 is 26.8 Å². The van der Waals surface area contributed by atoms with Gasteiger partial charge >= 0.3 is 5.97 Å². The molecule has 0 rings (SSSR count). The monoisotopic (exact) mass is 223 g/mol. The van der Waals surface area contributed by atoms with Crippen LogP contribution in [0.5, 0.6) is 0 Å². The lowest BCUT2D eigenvalue weighted by atomic mass is 10.2. The maximum atomic E-state index is 11.5. The molecule has 0 fully saturated rings. The van der Waals surface area contributed by atoms with Crippen LogP contribution in [0.15, 0.2) is 0 Å². The average molecular weight is 223 g/mol. The average Bonchev–Trinajstić information content (AvgIpc) is 2.02. The molecule has 0 aliphatic carbocycles. The number of methoxy groups -OCH3 is 1. The fourth-order valence-corrected chi connectivity index (χ4v) is 2.36. The first-order valence-corrected chi connectivity index (χ1v) is 6.05. The van der Waals surface area contributed by atoms with Crippen molar-refractivity contribution in [3.63, 3.8) is 0 Å². The molecule has 0 aromatic heterocycles. The summed E-state index contributed by atoms with van der Waals surface area (Å²) in [5.74, 6) is -1.31. The van der Waals surface area contributed by atoms with Gasteiger partial charge in [-0.1, -0.05) is 0 Å². The molecule has 2 atom stereocenters. The first-order valence-electron chi connectivity index (χ1n) is 4.33. The highest BCUT2D eigenvalue weighted by atomic mass is 32.2. The number of carbonyl (C=O) groups excluding carboxylic acids is 1. The smallest absolute Gasteiger partial charge is 0.320 e. The van der Waals surface area contributed by atoms with E-state index >= 15 is 0 Å². The summed E-state index contributed by atoms with van der Waals surface area (Å²) in [5.41, 5.74) is 5.47. The van der Waals surface area contributed by atoms with Crippen LogP contribution in [-0.4, -0.2) is 38.5 Å². The van der Waals surface area contributed by atoms with Gasteiger partial charge in [0.2, 0.25) is 0 Å². The minimum atomic E-state index is -3.42. The van der Waals surface area contributed by atoms with E-state index in [1.807, 2.05) is 0 Å². The van der Waals surface area contributed by atoms with Crippen LogP contribution in [-0.2, 0) is 19.4 Å². The molecule has 2 N–H and O–H groups in total. The number of nitrogens with two attached hydrogens (primary N) is 1. The van der Waals surface area contributed by atoms with Crippen LogP contribution < -0.4 is 5.73 Å². The molecular weight excluding hydrogens is 206 g/mol. The minimum Gasteiger partial charge on any atom is -0.468 e. The van der Waals surface area contributed by atoms with Crippen LogP contribution in [0.1, 0.15) is 20.3 Å². The first-order chi connectivity index (χ1) is 6.29. The zero-order valence-electron chi connectivity index (χ0n) is 8.69. The molecule has 0 aliphatic rings. The highest BCUT2D eigenvalue weighted by molar-refractivity contribution is 7.92. The van der Waals surface area contributed by atoms with E-state index in [-0.39, 0.29) is 6.04 Å². The fourth-order valence-electron chi connectivity index (χ4n) is 1.04. The quantitative estimate of drug-likeness (QED) is 0.647. The Morgan fingerprint density at radius 3 is 2.29 bits per heavy atom. The second-order valence-electron chi connectivity index (χ2n) is 3.41. The third-order valence-corrected chi connectivity index (χ3v) is 3.92. The Bertz CT molecular complexity index is 284. The third kappa shape index (κ3) is 4.57. The zero-order chi connectivity index (χ0) is 11.4. The molecule has 0 aromatic carbocycles. The zero-order valence-corrected chi connectivity index (χ0v) is 9.50. The lowest BCUT2D eigenvalue weighted by Crippen LogP contribution is -2.31. The van der Waals surface area contributed by atoms with Crippen molar-refractivity contribution in [1.82, 2.24) is 0 Å². The Morgan fingerprint density at radius 1 is 1.43 bits per heavy atom. The normalized spacial score (nSPS) is 16.0. The van der Waals surface area contributed by atoms with E-state index in [1.54, 1.807) is 13.8 Å². The summed E-state index contributed by atoms with van der Waals surface area (Å²) >= 11 is 0. The van der Waals surface area contributed by atoms with E-state index in [9.17, 15) is 13.2 Å². The van der Waals surface area contributed by atoms with Crippen LogP contribution in [0, 0.1) is 0 Å². The molecule has 0 spiro atoms. The summed E-state index contributed by atoms with van der Waals surface area (Å²) < 4.78 is 27.2. The lowest BCUT2D eigenvalue weighted by molar-refractivity contribution is -0.137. The van der Waals surface area contributed by atoms with Gasteiger partial charge in [-0.25, -0.2) is 8.42 Å². The molecule has 5 nitrogen and oxygen atoms in total. The summed E-state index contributed by atoms with van der Waals surface area (Å²) in [5, 5.41) is -0.610. The van der Waals surface area contributed by atoms with Gasteiger partial charge in [0.05, 0.1) is 12.4 Å². The van der Waals surface area contributed by atoms with Crippen LogP contribution in [0.3, 0.4) is 0 Å². The summed E-state index contributed by atoms with van der Waals surface area (Å²) in [6.45, 7) is 3.27. The summed E-state index contributed by atoms with van der Waals surface area (Å²) in [7, 11) is -2.26. The summed E-state index contributed by atoms with van der Waals surface area (Å²) in [4.78, 5) is 10.8. The minimum absolute atomic E-state index is 0.197. The topological polar surface area (TPSA) is 86.5 Å². The third-order valence-electron chi connectivity index (χ3n) is 1.86. The van der Waals surface area contributed by atoms with Crippen LogP contribution in [0.25, 0.3) is 0 Å². The molecule has 84 valence electrons. The van der Waals surface area contributed by atoms with Gasteiger partial charge in [0.15, 0.2) is 9.84 Å². The number of hydrogen-bond donors (Lipinski definition) is 1. The molecule has 0 bridgehead atoms. The lowest BCUT2D eigenvalue weighted by Gasteiger charge is -2.13. The molecule has 0 heterocycles. The van der Waals surface area contributed by atoms with Crippen molar-refractivity contribution in [2.75, 3.05) is 12.9 Å². The van der Waals surface area contributed by atoms with Crippen molar-refractivity contribution in [3.8, 4) is 0 Å². The second kappa shape index (κ2) is 5.31. The van der Waals surface area contributed by atoms with Gasteiger partial charge in [0.25, 0.3) is 0 Å².